The third-order valence-corrected chi connectivity index (χ3v) is 7.18. The molecule has 4 rings (SSSR count). The smallest absolute Gasteiger partial charge is 0.263 e. The summed E-state index contributed by atoms with van der Waals surface area (Å²) in [7, 11) is 0. The minimum absolute atomic E-state index is 0.0656. The quantitative estimate of drug-likeness (QED) is 0.260. The highest BCUT2D eigenvalue weighted by molar-refractivity contribution is 7.99. The molecule has 6 nitrogen and oxygen atoms in total. The minimum atomic E-state index is -0.262. The number of nitrogens with zero attached hydrogens (tertiary/aromatic N) is 2. The first-order valence-corrected chi connectivity index (χ1v) is 11.5. The summed E-state index contributed by atoms with van der Waals surface area (Å²) in [5.74, 6) is -0.301. The van der Waals surface area contributed by atoms with Gasteiger partial charge in [-0.15, -0.1) is 17.9 Å². The SMILES string of the molecule is C=CCn1c(SCC(=O)Nc2ccccc2C(C)=O)nc2sc3c(c2c1=O)CCC3. The molecule has 0 unspecified atom stereocenters. The van der Waals surface area contributed by atoms with E-state index in [9.17, 15) is 14.4 Å². The van der Waals surface area contributed by atoms with Crippen molar-refractivity contribution in [3.8, 4) is 0 Å². The van der Waals surface area contributed by atoms with Gasteiger partial charge < -0.3 is 5.32 Å². The molecule has 2 heterocycles. The third kappa shape index (κ3) is 3.85. The molecule has 0 atom stereocenters. The summed E-state index contributed by atoms with van der Waals surface area (Å²) in [6.07, 6.45) is 4.66. The predicted molar refractivity (Wildman–Crippen MR) is 122 cm³/mol. The summed E-state index contributed by atoms with van der Waals surface area (Å²) >= 11 is 2.79. The van der Waals surface area contributed by atoms with Gasteiger partial charge in [-0.1, -0.05) is 30.0 Å². The predicted octanol–water partition coefficient (Wildman–Crippen LogP) is 4.07. The molecule has 154 valence electrons. The molecule has 2 aromatic heterocycles. The van der Waals surface area contributed by atoms with Crippen LogP contribution < -0.4 is 10.9 Å². The Morgan fingerprint density at radius 2 is 2.13 bits per heavy atom. The van der Waals surface area contributed by atoms with E-state index in [-0.39, 0.29) is 23.0 Å². The number of carbonyl (C=O) groups is 2. The normalized spacial score (nSPS) is 12.7. The number of thiophene rings is 1. The number of amides is 1. The maximum absolute atomic E-state index is 13.1. The zero-order valence-electron chi connectivity index (χ0n) is 16.6. The summed E-state index contributed by atoms with van der Waals surface area (Å²) in [6.45, 7) is 5.55. The lowest BCUT2D eigenvalue weighted by Crippen LogP contribution is -2.24. The van der Waals surface area contributed by atoms with Gasteiger partial charge in [0.05, 0.1) is 16.8 Å². The van der Waals surface area contributed by atoms with Gasteiger partial charge in [0.1, 0.15) is 4.83 Å². The molecule has 0 saturated heterocycles. The molecular weight excluding hydrogens is 418 g/mol. The summed E-state index contributed by atoms with van der Waals surface area (Å²) in [6, 6.07) is 6.90. The van der Waals surface area contributed by atoms with Gasteiger partial charge >= 0.3 is 0 Å². The Labute approximate surface area is 182 Å². The fourth-order valence-corrected chi connectivity index (χ4v) is 5.79. The molecule has 0 fully saturated rings. The van der Waals surface area contributed by atoms with Gasteiger partial charge in [-0.25, -0.2) is 4.98 Å². The van der Waals surface area contributed by atoms with Crippen molar-refractivity contribution in [1.29, 1.82) is 0 Å². The summed E-state index contributed by atoms with van der Waals surface area (Å²) in [5.41, 5.74) is 2.02. The van der Waals surface area contributed by atoms with Gasteiger partial charge in [0.2, 0.25) is 5.91 Å². The molecular formula is C22H21N3O3S2. The number of anilines is 1. The molecule has 8 heteroatoms. The van der Waals surface area contributed by atoms with Crippen LogP contribution in [0.3, 0.4) is 0 Å². The molecule has 1 aliphatic rings. The molecule has 3 aromatic rings. The van der Waals surface area contributed by atoms with Crippen LogP contribution in [0.1, 0.15) is 34.1 Å². The van der Waals surface area contributed by atoms with Gasteiger partial charge in [-0.3, -0.25) is 19.0 Å². The number of Topliss-reactive ketones (excluding diaryl/α,β-unsaturated/α-hetero) is 1. The Morgan fingerprint density at radius 1 is 1.33 bits per heavy atom. The summed E-state index contributed by atoms with van der Waals surface area (Å²) in [4.78, 5) is 44.1. The average molecular weight is 440 g/mol. The second kappa shape index (κ2) is 8.57. The first-order chi connectivity index (χ1) is 14.5. The van der Waals surface area contributed by atoms with Crippen LogP contribution in [0.5, 0.6) is 0 Å². The maximum Gasteiger partial charge on any atom is 0.263 e. The number of nitrogens with one attached hydrogen (secondary N) is 1. The van der Waals surface area contributed by atoms with Crippen LogP contribution in [0.4, 0.5) is 5.69 Å². The molecule has 1 amide bonds. The Kier molecular flexibility index (Phi) is 5.87. The van der Waals surface area contributed by atoms with Crippen LogP contribution in [-0.4, -0.2) is 27.0 Å². The van der Waals surface area contributed by atoms with Crippen molar-refractivity contribution in [2.75, 3.05) is 11.1 Å². The van der Waals surface area contributed by atoms with Crippen molar-refractivity contribution in [3.63, 3.8) is 0 Å². The van der Waals surface area contributed by atoms with Gasteiger partial charge in [-0.05, 0) is 43.9 Å². The van der Waals surface area contributed by atoms with Crippen molar-refractivity contribution in [2.24, 2.45) is 0 Å². The van der Waals surface area contributed by atoms with E-state index < -0.39 is 0 Å². The molecule has 0 bridgehead atoms. The van der Waals surface area contributed by atoms with E-state index in [1.807, 2.05) is 0 Å². The van der Waals surface area contributed by atoms with Crippen LogP contribution in [0.2, 0.25) is 0 Å². The largest absolute Gasteiger partial charge is 0.325 e. The lowest BCUT2D eigenvalue weighted by Gasteiger charge is -2.11. The molecule has 30 heavy (non-hydrogen) atoms. The number of ketones is 1. The first-order valence-electron chi connectivity index (χ1n) is 9.68. The standard InChI is InChI=1S/C22H21N3O3S2/c1-3-11-25-21(28)19-15-8-6-10-17(15)30-20(19)24-22(25)29-12-18(27)23-16-9-5-4-7-14(16)13(2)26/h3-5,7,9H,1,6,8,10-12H2,2H3,(H,23,27). The van der Waals surface area contributed by atoms with E-state index in [1.54, 1.807) is 46.2 Å². The Hall–Kier alpha value is -2.71. The van der Waals surface area contributed by atoms with Crippen molar-refractivity contribution in [2.45, 2.75) is 37.9 Å². The third-order valence-electron chi connectivity index (χ3n) is 5.01. The molecule has 1 aromatic carbocycles. The highest BCUT2D eigenvalue weighted by atomic mass is 32.2. The number of hydrogen-bond acceptors (Lipinski definition) is 6. The van der Waals surface area contributed by atoms with Crippen molar-refractivity contribution < 1.29 is 9.59 Å². The fraction of sp³-hybridized carbons (Fsp3) is 0.273. The summed E-state index contributed by atoms with van der Waals surface area (Å²) < 4.78 is 1.59. The fourth-order valence-electron chi connectivity index (χ4n) is 3.67. The topological polar surface area (TPSA) is 81.1 Å². The number of aryl methyl sites for hydroxylation is 2. The van der Waals surface area contributed by atoms with Crippen LogP contribution in [0.15, 0.2) is 46.9 Å². The van der Waals surface area contributed by atoms with Crippen molar-refractivity contribution >= 4 is 50.7 Å². The number of allylic oxidation sites excluding steroid dienone is 1. The molecule has 0 radical (unpaired) electrons. The second-order valence-corrected chi connectivity index (χ2v) is 9.10. The van der Waals surface area contributed by atoms with Crippen LogP contribution in [-0.2, 0) is 24.2 Å². The molecule has 0 spiro atoms. The van der Waals surface area contributed by atoms with Gasteiger partial charge in [0, 0.05) is 17.0 Å². The van der Waals surface area contributed by atoms with Crippen LogP contribution >= 0.6 is 23.1 Å². The molecule has 0 saturated carbocycles. The second-order valence-electron chi connectivity index (χ2n) is 7.07. The number of aromatic nitrogens is 2. The number of fused-ring (bicyclic) bond motifs is 3. The van der Waals surface area contributed by atoms with Gasteiger partial charge in [0.25, 0.3) is 5.56 Å². The minimum Gasteiger partial charge on any atom is -0.325 e. The first kappa shape index (κ1) is 20.6. The molecule has 1 N–H and O–H groups in total. The highest BCUT2D eigenvalue weighted by Gasteiger charge is 2.23. The Balaban J connectivity index is 1.59. The number of para-hydroxylation sites is 1. The number of benzene rings is 1. The molecule has 0 aliphatic heterocycles. The van der Waals surface area contributed by atoms with E-state index in [1.165, 1.54) is 23.6 Å². The Bertz CT molecular complexity index is 1230. The van der Waals surface area contributed by atoms with E-state index in [0.29, 0.717) is 23.0 Å². The van der Waals surface area contributed by atoms with Gasteiger partial charge in [-0.2, -0.15) is 0 Å². The van der Waals surface area contributed by atoms with Gasteiger partial charge in [0.15, 0.2) is 10.9 Å². The zero-order valence-corrected chi connectivity index (χ0v) is 18.2. The van der Waals surface area contributed by atoms with E-state index in [2.05, 4.69) is 11.9 Å². The maximum atomic E-state index is 13.1. The van der Waals surface area contributed by atoms with E-state index in [4.69, 9.17) is 4.98 Å². The van der Waals surface area contributed by atoms with Crippen LogP contribution in [0.25, 0.3) is 10.2 Å². The van der Waals surface area contributed by atoms with Crippen LogP contribution in [0, 0.1) is 0 Å². The monoisotopic (exact) mass is 439 g/mol. The number of hydrogen-bond donors (Lipinski definition) is 1. The summed E-state index contributed by atoms with van der Waals surface area (Å²) in [5, 5.41) is 4.01. The lowest BCUT2D eigenvalue weighted by molar-refractivity contribution is -0.113. The van der Waals surface area contributed by atoms with E-state index >= 15 is 0 Å². The van der Waals surface area contributed by atoms with Crippen molar-refractivity contribution in [3.05, 3.63) is 63.3 Å². The Morgan fingerprint density at radius 3 is 2.90 bits per heavy atom. The molecule has 1 aliphatic carbocycles. The van der Waals surface area contributed by atoms with Crippen molar-refractivity contribution in [1.82, 2.24) is 9.55 Å². The highest BCUT2D eigenvalue weighted by Crippen LogP contribution is 2.35. The number of rotatable bonds is 7. The lowest BCUT2D eigenvalue weighted by atomic mass is 10.1. The zero-order chi connectivity index (χ0) is 21.3. The number of thioether (sulfide) groups is 1. The number of carbonyl (C=O) groups excluding carboxylic acids is 2. The van der Waals surface area contributed by atoms with E-state index in [0.717, 1.165) is 35.0 Å². The average Bonchev–Trinajstić information content (AvgIpc) is 3.30.